The van der Waals surface area contributed by atoms with E-state index >= 15 is 0 Å². The number of phenols is 1. The molecule has 0 saturated heterocycles. The largest absolute Gasteiger partial charge is 3.00 e. The average Bonchev–Trinajstić information content (AvgIpc) is 3.37. The SMILES string of the molecule is FC(F)(F)[c-]1oo1.FC(F)(F)[c-]1oo1.O=C(O)C(F)(F)F.Oc1c[c-]cc(Br)c1.[Ti+3]. The number of carbonyl (C=O) groups is 1. The molecule has 0 aliphatic heterocycles. The number of aromatic hydroxyl groups is 1. The Kier molecular flexibility index (Phi) is 12.1. The predicted octanol–water partition coefficient (Wildman–Crippen LogP) is 5.81. The van der Waals surface area contributed by atoms with E-state index in [0.29, 0.717) is 0 Å². The van der Waals surface area contributed by atoms with Gasteiger partial charge in [-0.15, -0.1) is 28.1 Å². The van der Waals surface area contributed by atoms with E-state index in [4.69, 9.17) is 15.0 Å². The van der Waals surface area contributed by atoms with Crippen LogP contribution in [0.4, 0.5) is 39.5 Å². The molecular formula is C12H5BrF9O7Ti. The van der Waals surface area contributed by atoms with E-state index < -0.39 is 36.4 Å². The smallest absolute Gasteiger partial charge is 0.566 e. The summed E-state index contributed by atoms with van der Waals surface area (Å²) in [5.74, 6) is -5.04. The number of hydrogen-bond acceptors (Lipinski definition) is 6. The van der Waals surface area contributed by atoms with Crippen molar-refractivity contribution in [2.75, 3.05) is 0 Å². The molecule has 0 spiro atoms. The number of rotatable bonds is 0. The van der Waals surface area contributed by atoms with Crippen LogP contribution in [-0.2, 0) is 38.9 Å². The number of benzene rings is 1. The minimum absolute atomic E-state index is 0. The molecule has 3 aromatic rings. The Morgan fingerprint density at radius 2 is 1.23 bits per heavy atom. The Morgan fingerprint density at radius 3 is 1.33 bits per heavy atom. The van der Waals surface area contributed by atoms with E-state index in [1.807, 2.05) is 0 Å². The van der Waals surface area contributed by atoms with Crippen molar-refractivity contribution >= 4 is 21.9 Å². The van der Waals surface area contributed by atoms with Gasteiger partial charge in [0.2, 0.25) is 0 Å². The van der Waals surface area contributed by atoms with Crippen LogP contribution in [0.25, 0.3) is 0 Å². The first-order valence-electron chi connectivity index (χ1n) is 6.17. The second-order valence-corrected chi connectivity index (χ2v) is 5.03. The first-order chi connectivity index (χ1) is 12.9. The van der Waals surface area contributed by atoms with E-state index in [1.165, 1.54) is 6.07 Å². The minimum atomic E-state index is -5.08. The molecule has 0 aliphatic rings. The van der Waals surface area contributed by atoms with E-state index in [9.17, 15) is 39.5 Å². The van der Waals surface area contributed by atoms with Gasteiger partial charge in [0.05, 0.1) is 0 Å². The van der Waals surface area contributed by atoms with Crippen molar-refractivity contribution in [3.63, 3.8) is 0 Å². The normalized spacial score (nSPS) is 11.1. The number of aliphatic carboxylic acids is 1. The first kappa shape index (κ1) is 30.2. The standard InChI is InChI=1S/C6H4BrO.2C2F3O2.C2HF3O2.Ti/c7-5-2-1-3-6(8)4-5;2*3-2(4,5)1-6-7-1;3-2(4,5)1(6)7;/h2-4,8H;;;(H,6,7);/q3*-1;;+3. The summed E-state index contributed by atoms with van der Waals surface area (Å²) < 4.78 is 112. The molecule has 2 aromatic heterocycles. The van der Waals surface area contributed by atoms with Gasteiger partial charge in [-0.2, -0.15) is 51.6 Å². The third-order valence-corrected chi connectivity index (χ3v) is 2.23. The van der Waals surface area contributed by atoms with Crippen LogP contribution in [-0.4, -0.2) is 22.4 Å². The molecule has 169 valence electrons. The number of halogens is 10. The maximum atomic E-state index is 11.0. The van der Waals surface area contributed by atoms with Crippen LogP contribution in [0.5, 0.6) is 5.75 Å². The summed E-state index contributed by atoms with van der Waals surface area (Å²) in [6, 6.07) is 7.58. The van der Waals surface area contributed by atoms with Gasteiger partial charge in [-0.1, -0.05) is 4.47 Å². The van der Waals surface area contributed by atoms with Gasteiger partial charge in [0.15, 0.2) is 0 Å². The molecule has 7 nitrogen and oxygen atoms in total. The van der Waals surface area contributed by atoms with Crippen LogP contribution < -0.4 is 0 Å². The van der Waals surface area contributed by atoms with Crippen LogP contribution in [0.1, 0.15) is 11.9 Å². The number of alkyl halides is 9. The number of phenolic OH excluding ortho intramolecular Hbond substituents is 1. The van der Waals surface area contributed by atoms with E-state index in [-0.39, 0.29) is 27.5 Å². The number of carboxylic acids is 1. The zero-order valence-electron chi connectivity index (χ0n) is 13.4. The van der Waals surface area contributed by atoms with Gasteiger partial charge >= 0.3 is 46.2 Å². The van der Waals surface area contributed by atoms with Crippen LogP contribution in [0.15, 0.2) is 41.0 Å². The Morgan fingerprint density at radius 1 is 0.900 bits per heavy atom. The molecule has 30 heavy (non-hydrogen) atoms. The summed E-state index contributed by atoms with van der Waals surface area (Å²) in [6.07, 6.45) is -13.9. The van der Waals surface area contributed by atoms with Gasteiger partial charge in [0.1, 0.15) is 11.9 Å². The van der Waals surface area contributed by atoms with Crippen molar-refractivity contribution in [3.8, 4) is 5.75 Å². The van der Waals surface area contributed by atoms with E-state index in [2.05, 4.69) is 40.3 Å². The molecule has 0 saturated carbocycles. The molecular weight excluding hydrogens is 555 g/mol. The molecule has 2 heterocycles. The fourth-order valence-electron chi connectivity index (χ4n) is 0.662. The molecule has 0 unspecified atom stereocenters. The summed E-state index contributed by atoms with van der Waals surface area (Å²) in [5.41, 5.74) is 0. The molecule has 3 rings (SSSR count). The third kappa shape index (κ3) is 15.9. The Labute approximate surface area is 181 Å². The zero-order chi connectivity index (χ0) is 23.0. The second kappa shape index (κ2) is 12.0. The molecule has 0 bridgehead atoms. The minimum Gasteiger partial charge on any atom is -0.566 e. The molecule has 0 fully saturated rings. The maximum Gasteiger partial charge on any atom is 3.00 e. The summed E-state index contributed by atoms with van der Waals surface area (Å²) in [6.45, 7) is 0. The second-order valence-electron chi connectivity index (χ2n) is 4.12. The maximum absolute atomic E-state index is 11.0. The van der Waals surface area contributed by atoms with Crippen molar-refractivity contribution in [1.82, 2.24) is 0 Å². The van der Waals surface area contributed by atoms with Gasteiger partial charge < -0.3 is 28.5 Å². The molecule has 1 aromatic carbocycles. The molecule has 1 radical (unpaired) electrons. The van der Waals surface area contributed by atoms with Gasteiger partial charge in [-0.05, 0) is 0 Å². The number of hydrogen-bond donors (Lipinski definition) is 2. The van der Waals surface area contributed by atoms with E-state index in [1.54, 1.807) is 12.1 Å². The molecule has 0 amide bonds. The summed E-state index contributed by atoms with van der Waals surface area (Å²) in [4.78, 5) is 8.90. The third-order valence-electron chi connectivity index (χ3n) is 1.78. The monoisotopic (exact) mass is 559 g/mol. The topological polar surface area (TPSA) is 110 Å². The van der Waals surface area contributed by atoms with Crippen molar-refractivity contribution in [3.05, 3.63) is 40.7 Å². The van der Waals surface area contributed by atoms with Gasteiger partial charge in [0.25, 0.3) is 0 Å². The summed E-state index contributed by atoms with van der Waals surface area (Å²) in [5, 5.41) is 15.9. The van der Waals surface area contributed by atoms with E-state index in [0.717, 1.165) is 4.47 Å². The Hall–Kier alpha value is -2.01. The molecule has 0 aliphatic carbocycles. The number of carboxylic acid groups (broad SMARTS) is 1. The molecule has 0 atom stereocenters. The van der Waals surface area contributed by atoms with Gasteiger partial charge in [-0.25, -0.2) is 4.79 Å². The van der Waals surface area contributed by atoms with Crippen molar-refractivity contribution in [2.24, 2.45) is 0 Å². The van der Waals surface area contributed by atoms with Crippen LogP contribution in [0, 0.1) is 6.07 Å². The quantitative estimate of drug-likeness (QED) is 0.155. The van der Waals surface area contributed by atoms with Crippen molar-refractivity contribution < 1.29 is 94.5 Å². The average molecular weight is 560 g/mol. The zero-order valence-corrected chi connectivity index (χ0v) is 16.6. The van der Waals surface area contributed by atoms with Gasteiger partial charge in [-0.3, -0.25) is 0 Å². The van der Waals surface area contributed by atoms with Crippen molar-refractivity contribution in [1.29, 1.82) is 0 Å². The molecule has 2 N–H and O–H groups in total. The fourth-order valence-corrected chi connectivity index (χ4v) is 1.03. The summed E-state index contributed by atoms with van der Waals surface area (Å²) in [7, 11) is 0. The Balaban J connectivity index is 0. The van der Waals surface area contributed by atoms with Crippen LogP contribution in [0.2, 0.25) is 0 Å². The van der Waals surface area contributed by atoms with Crippen LogP contribution in [0.3, 0.4) is 0 Å². The van der Waals surface area contributed by atoms with Crippen LogP contribution >= 0.6 is 15.9 Å². The summed E-state index contributed by atoms with van der Waals surface area (Å²) >= 11 is 3.17. The predicted molar refractivity (Wildman–Crippen MR) is 71.5 cm³/mol. The van der Waals surface area contributed by atoms with Gasteiger partial charge in [0, 0.05) is 5.75 Å². The first-order valence-corrected chi connectivity index (χ1v) is 6.97. The Bertz CT molecular complexity index is 744. The van der Waals surface area contributed by atoms with Crippen molar-refractivity contribution in [2.45, 2.75) is 18.5 Å². The fraction of sp³-hybridized carbons (Fsp3) is 0.250. The molecule has 18 heteroatoms.